The third-order valence-corrected chi connectivity index (χ3v) is 0. The SMILES string of the molecule is [Al].[B].[Ba+2].[Ca+2].[Cr].[H-].[H-].[H-].[H-]. The van der Waals surface area contributed by atoms with Crippen LogP contribution in [0.1, 0.15) is 5.71 Å². The molecule has 0 nitrogen and oxygen atoms in total. The molecule has 0 atom stereocenters. The monoisotopic (exact) mass is 272 g/mol. The van der Waals surface area contributed by atoms with E-state index in [0.29, 0.717) is 0 Å². The Morgan fingerprint density at radius 2 is 1.20 bits per heavy atom. The zero-order chi connectivity index (χ0) is 0. The van der Waals surface area contributed by atoms with E-state index < -0.39 is 0 Å². The summed E-state index contributed by atoms with van der Waals surface area (Å²) in [6.07, 6.45) is 0. The first-order valence-corrected chi connectivity index (χ1v) is 0. The first-order chi connectivity index (χ1) is 0. The summed E-state index contributed by atoms with van der Waals surface area (Å²) in [5, 5.41) is 0. The van der Waals surface area contributed by atoms with Crippen LogP contribution in [0.4, 0.5) is 0 Å². The topological polar surface area (TPSA) is 0 Å². The van der Waals surface area contributed by atoms with Crippen LogP contribution in [-0.2, 0) is 17.4 Å². The Morgan fingerprint density at radius 3 is 1.20 bits per heavy atom. The van der Waals surface area contributed by atoms with Gasteiger partial charge in [0.05, 0.1) is 0 Å². The first-order valence-electron chi connectivity index (χ1n) is 0. The maximum Gasteiger partial charge on any atom is 2.00 e. The second kappa shape index (κ2) is 24.6. The second-order valence-corrected chi connectivity index (χ2v) is 0. The minimum absolute atomic E-state index is 0. The van der Waals surface area contributed by atoms with Crippen LogP contribution >= 0.6 is 0 Å². The number of hydrogen-bond acceptors (Lipinski definition) is 0. The molecule has 0 bridgehead atoms. The van der Waals surface area contributed by atoms with Gasteiger partial charge in [-0.25, -0.2) is 0 Å². The van der Waals surface area contributed by atoms with E-state index in [1.165, 1.54) is 0 Å². The maximum absolute atomic E-state index is 0. The smallest absolute Gasteiger partial charge is 1.00 e. The fourth-order valence-electron chi connectivity index (χ4n) is 0. The van der Waals surface area contributed by atoms with Crippen LogP contribution in [0.5, 0.6) is 0 Å². The van der Waals surface area contributed by atoms with Gasteiger partial charge < -0.3 is 5.71 Å². The second-order valence-electron chi connectivity index (χ2n) is 0. The van der Waals surface area contributed by atoms with Crippen LogP contribution in [0.2, 0.25) is 0 Å². The Morgan fingerprint density at radius 1 is 1.20 bits per heavy atom. The molecule has 0 aromatic carbocycles. The van der Waals surface area contributed by atoms with Gasteiger partial charge in [0.1, 0.15) is 0 Å². The third-order valence-electron chi connectivity index (χ3n) is 0. The molecule has 0 unspecified atom stereocenters. The van der Waals surface area contributed by atoms with Crippen LogP contribution in [0.3, 0.4) is 0 Å². The molecular weight excluding hydrogens is 267 g/mol. The van der Waals surface area contributed by atoms with Gasteiger partial charge in [0.25, 0.3) is 0 Å². The Hall–Kier alpha value is 3.96. The van der Waals surface area contributed by atoms with E-state index in [4.69, 9.17) is 0 Å². The Bertz CT molecular complexity index is 20.5. The Labute approximate surface area is 132 Å². The van der Waals surface area contributed by atoms with Crippen molar-refractivity contribution in [1.29, 1.82) is 0 Å². The van der Waals surface area contributed by atoms with E-state index in [9.17, 15) is 0 Å². The van der Waals surface area contributed by atoms with E-state index >= 15 is 0 Å². The molecule has 5 heavy (non-hydrogen) atoms. The van der Waals surface area contributed by atoms with Crippen LogP contribution in [0, 0.1) is 0 Å². The van der Waals surface area contributed by atoms with E-state index in [1.807, 2.05) is 0 Å². The summed E-state index contributed by atoms with van der Waals surface area (Å²) in [6, 6.07) is 0. The van der Waals surface area contributed by atoms with E-state index in [0.717, 1.165) is 0 Å². The molecule has 6 radical (unpaired) electrons. The largest absolute Gasteiger partial charge is 2.00 e. The molecule has 0 aromatic rings. The van der Waals surface area contributed by atoms with Crippen LogP contribution < -0.4 is 0 Å². The molecule has 0 heterocycles. The molecule has 0 saturated carbocycles. The van der Waals surface area contributed by atoms with Gasteiger partial charge in [-0.2, -0.15) is 0 Å². The molecule has 0 aliphatic carbocycles. The van der Waals surface area contributed by atoms with E-state index in [1.54, 1.807) is 0 Å². The fourth-order valence-corrected chi connectivity index (χ4v) is 0. The van der Waals surface area contributed by atoms with E-state index in [2.05, 4.69) is 0 Å². The number of hydrogen-bond donors (Lipinski definition) is 0. The van der Waals surface area contributed by atoms with Gasteiger partial charge >= 0.3 is 86.6 Å². The molecule has 0 aliphatic heterocycles. The maximum atomic E-state index is 0. The van der Waals surface area contributed by atoms with Crippen LogP contribution in [-0.4, -0.2) is 112 Å². The van der Waals surface area contributed by atoms with Gasteiger partial charge in [-0.3, -0.25) is 0 Å². The standard InChI is InChI=1S/Al.B.Ba.Ca.Cr.4H/q;;2*+2;;4*-1. The van der Waals surface area contributed by atoms with E-state index in [-0.39, 0.29) is 135 Å². The third kappa shape index (κ3) is 18.0. The van der Waals surface area contributed by atoms with Crippen LogP contribution in [0.15, 0.2) is 0 Å². The van der Waals surface area contributed by atoms with Gasteiger partial charge in [-0.1, -0.05) is 0 Å². The van der Waals surface area contributed by atoms with Crippen LogP contribution in [0.25, 0.3) is 0 Å². The minimum Gasteiger partial charge on any atom is -1.00 e. The van der Waals surface area contributed by atoms with Crippen molar-refractivity contribution in [1.82, 2.24) is 0 Å². The predicted octanol–water partition coefficient (Wildman–Crippen LogP) is -1.08. The van der Waals surface area contributed by atoms with Crippen molar-refractivity contribution in [2.75, 3.05) is 0 Å². The molecule has 0 spiro atoms. The molecule has 5 heteroatoms. The summed E-state index contributed by atoms with van der Waals surface area (Å²) in [6.45, 7) is 0. The summed E-state index contributed by atoms with van der Waals surface area (Å²) in [7, 11) is 0. The van der Waals surface area contributed by atoms with Gasteiger partial charge in [0.2, 0.25) is 0 Å². The van der Waals surface area contributed by atoms with Crippen molar-refractivity contribution in [2.24, 2.45) is 0 Å². The molecule has 0 aromatic heterocycles. The van der Waals surface area contributed by atoms with Gasteiger partial charge in [-0.15, -0.1) is 0 Å². The van der Waals surface area contributed by atoms with Crippen molar-refractivity contribution < 1.29 is 23.1 Å². The molecule has 0 aliphatic rings. The van der Waals surface area contributed by atoms with Gasteiger partial charge in [0, 0.05) is 43.1 Å². The van der Waals surface area contributed by atoms with Crippen molar-refractivity contribution in [2.45, 2.75) is 0 Å². The van der Waals surface area contributed by atoms with Crippen molar-refractivity contribution in [3.8, 4) is 0 Å². The molecule has 0 fully saturated rings. The zero-order valence-electron chi connectivity index (χ0n) is 6.98. The fraction of sp³-hybridized carbons (Fsp3) is 0. The van der Waals surface area contributed by atoms with Gasteiger partial charge in [-0.05, 0) is 0 Å². The minimum atomic E-state index is 0. The Balaban J connectivity index is 0. The number of rotatable bonds is 0. The normalized spacial score (nSPS) is 0. The predicted molar refractivity (Wildman–Crippen MR) is 27.5 cm³/mol. The zero-order valence-corrected chi connectivity index (χ0v) is 12.1. The molecule has 0 rings (SSSR count). The summed E-state index contributed by atoms with van der Waals surface area (Å²) in [4.78, 5) is 0. The quantitative estimate of drug-likeness (QED) is 0.492. The average molecular weight is 271 g/mol. The van der Waals surface area contributed by atoms with Crippen molar-refractivity contribution in [3.63, 3.8) is 0 Å². The Kier molecular flexibility index (Phi) is 178. The average Bonchev–Trinajstić information content (AvgIpc) is 0. The summed E-state index contributed by atoms with van der Waals surface area (Å²) < 4.78 is 0. The summed E-state index contributed by atoms with van der Waals surface area (Å²) >= 11 is 0. The molecular formula is H4AlBBaCaCr. The molecule has 20 valence electrons. The molecule has 0 N–H and O–H groups in total. The van der Waals surface area contributed by atoms with Crippen molar-refractivity contribution in [3.05, 3.63) is 0 Å². The summed E-state index contributed by atoms with van der Waals surface area (Å²) in [5.41, 5.74) is 0. The van der Waals surface area contributed by atoms with Crippen molar-refractivity contribution >= 4 is 112 Å². The summed E-state index contributed by atoms with van der Waals surface area (Å²) in [5.74, 6) is 0. The first kappa shape index (κ1) is 36.2. The molecule has 0 saturated heterocycles. The molecule has 0 amide bonds. The van der Waals surface area contributed by atoms with Gasteiger partial charge in [0.15, 0.2) is 0 Å².